The molecule has 0 saturated carbocycles. The Morgan fingerprint density at radius 3 is 2.07 bits per heavy atom. The molecule has 152 valence electrons. The van der Waals surface area contributed by atoms with E-state index in [1.54, 1.807) is 17.3 Å². The minimum absolute atomic E-state index is 0.0105. The largest absolute Gasteiger partial charge is 0.481 e. The van der Waals surface area contributed by atoms with Crippen LogP contribution < -0.4 is 4.90 Å². The number of carboxylic acids is 1. The molecule has 0 atom stereocenters. The Hall–Kier alpha value is -2.71. The molecule has 1 N–H and O–H groups in total. The molecule has 2 amide bonds. The van der Waals surface area contributed by atoms with Crippen LogP contribution in [0.25, 0.3) is 0 Å². The van der Waals surface area contributed by atoms with Gasteiger partial charge in [0.2, 0.25) is 11.8 Å². The van der Waals surface area contributed by atoms with E-state index < -0.39 is 5.97 Å². The number of likely N-dealkylation sites (tertiary alicyclic amines) is 1. The van der Waals surface area contributed by atoms with Crippen LogP contribution in [0.2, 0.25) is 0 Å². The van der Waals surface area contributed by atoms with Gasteiger partial charge in [0.1, 0.15) is 0 Å². The molecule has 2 aliphatic rings. The first-order valence-electron chi connectivity index (χ1n) is 9.82. The highest BCUT2D eigenvalue weighted by atomic mass is 16.4. The molecule has 2 saturated heterocycles. The third kappa shape index (κ3) is 5.40. The summed E-state index contributed by atoms with van der Waals surface area (Å²) in [6.07, 6.45) is 5.43. The van der Waals surface area contributed by atoms with Gasteiger partial charge in [0.25, 0.3) is 0 Å². The number of aliphatic carboxylic acids is 1. The molecule has 1 aromatic rings. The number of nitrogens with zero attached hydrogens (tertiary/aromatic N) is 5. The lowest BCUT2D eigenvalue weighted by Crippen LogP contribution is -2.49. The van der Waals surface area contributed by atoms with Crippen molar-refractivity contribution in [1.82, 2.24) is 20.0 Å². The van der Waals surface area contributed by atoms with Crippen LogP contribution >= 0.6 is 0 Å². The minimum Gasteiger partial charge on any atom is -0.481 e. The van der Waals surface area contributed by atoms with Crippen molar-refractivity contribution in [2.45, 2.75) is 32.1 Å². The molecule has 3 heterocycles. The predicted octanol–water partition coefficient (Wildman–Crippen LogP) is 0.619. The second-order valence-corrected chi connectivity index (χ2v) is 7.39. The smallest absolute Gasteiger partial charge is 0.303 e. The number of aromatic nitrogens is 2. The average molecular weight is 389 g/mol. The monoisotopic (exact) mass is 389 g/mol. The standard InChI is InChI=1S/C19H27N5O4/c25-17(23-7-4-15(5-8-23)13-19(27)28)1-2-18(26)24-11-9-22(10-12-24)16-3-6-20-21-14-16/h3,6,14-15H,1-2,4-5,7-13H2,(H,27,28). The lowest BCUT2D eigenvalue weighted by Gasteiger charge is -2.36. The molecule has 0 spiro atoms. The van der Waals surface area contributed by atoms with Gasteiger partial charge in [-0.15, -0.1) is 0 Å². The molecule has 0 unspecified atom stereocenters. The highest BCUT2D eigenvalue weighted by Gasteiger charge is 2.26. The average Bonchev–Trinajstić information content (AvgIpc) is 2.72. The summed E-state index contributed by atoms with van der Waals surface area (Å²) >= 11 is 0. The van der Waals surface area contributed by atoms with Crippen molar-refractivity contribution in [3.63, 3.8) is 0 Å². The van der Waals surface area contributed by atoms with Gasteiger partial charge in [0, 0.05) is 58.5 Å². The first-order valence-corrected chi connectivity index (χ1v) is 9.82. The Balaban J connectivity index is 1.37. The Kier molecular flexibility index (Phi) is 6.78. The second-order valence-electron chi connectivity index (χ2n) is 7.39. The molecule has 2 aliphatic heterocycles. The summed E-state index contributed by atoms with van der Waals surface area (Å²) in [4.78, 5) is 41.4. The molecular weight excluding hydrogens is 362 g/mol. The van der Waals surface area contributed by atoms with Crippen LogP contribution in [0, 0.1) is 5.92 Å². The van der Waals surface area contributed by atoms with E-state index in [4.69, 9.17) is 5.11 Å². The maximum Gasteiger partial charge on any atom is 0.303 e. The van der Waals surface area contributed by atoms with Crippen LogP contribution in [0.3, 0.4) is 0 Å². The third-order valence-corrected chi connectivity index (χ3v) is 5.55. The zero-order valence-electron chi connectivity index (χ0n) is 16.0. The van der Waals surface area contributed by atoms with Gasteiger partial charge in [-0.1, -0.05) is 0 Å². The number of hydrogen-bond donors (Lipinski definition) is 1. The van der Waals surface area contributed by atoms with Crippen molar-refractivity contribution < 1.29 is 19.5 Å². The maximum atomic E-state index is 12.5. The van der Waals surface area contributed by atoms with Crippen LogP contribution in [0.4, 0.5) is 5.69 Å². The van der Waals surface area contributed by atoms with Gasteiger partial charge in [-0.05, 0) is 24.8 Å². The zero-order chi connectivity index (χ0) is 19.9. The zero-order valence-corrected chi connectivity index (χ0v) is 16.0. The van der Waals surface area contributed by atoms with Gasteiger partial charge in [-0.3, -0.25) is 14.4 Å². The number of carbonyl (C=O) groups is 3. The van der Waals surface area contributed by atoms with Gasteiger partial charge >= 0.3 is 5.97 Å². The lowest BCUT2D eigenvalue weighted by molar-refractivity contribution is -0.140. The minimum atomic E-state index is -0.782. The van der Waals surface area contributed by atoms with Gasteiger partial charge in [-0.2, -0.15) is 10.2 Å². The molecule has 28 heavy (non-hydrogen) atoms. The first kappa shape index (κ1) is 20.0. The summed E-state index contributed by atoms with van der Waals surface area (Å²) in [5, 5.41) is 16.5. The summed E-state index contributed by atoms with van der Waals surface area (Å²) in [6, 6.07) is 1.91. The first-order chi connectivity index (χ1) is 13.5. The Labute approximate surface area is 164 Å². The van der Waals surface area contributed by atoms with Gasteiger partial charge in [-0.25, -0.2) is 0 Å². The molecule has 2 fully saturated rings. The number of carboxylic acid groups (broad SMARTS) is 1. The van der Waals surface area contributed by atoms with Gasteiger partial charge < -0.3 is 19.8 Å². The number of hydrogen-bond acceptors (Lipinski definition) is 6. The topological polar surface area (TPSA) is 107 Å². The molecule has 0 aromatic carbocycles. The maximum absolute atomic E-state index is 12.5. The van der Waals surface area contributed by atoms with E-state index in [0.717, 1.165) is 31.6 Å². The molecule has 9 nitrogen and oxygen atoms in total. The molecule has 1 aromatic heterocycles. The number of piperazine rings is 1. The number of amides is 2. The van der Waals surface area contributed by atoms with Crippen molar-refractivity contribution in [2.75, 3.05) is 44.2 Å². The summed E-state index contributed by atoms with van der Waals surface area (Å²) < 4.78 is 0. The Morgan fingerprint density at radius 1 is 0.929 bits per heavy atom. The number of piperidine rings is 1. The van der Waals surface area contributed by atoms with E-state index in [9.17, 15) is 14.4 Å². The Bertz CT molecular complexity index is 683. The molecule has 0 aliphatic carbocycles. The van der Waals surface area contributed by atoms with Crippen molar-refractivity contribution >= 4 is 23.5 Å². The van der Waals surface area contributed by atoms with Gasteiger partial charge in [0.15, 0.2) is 0 Å². The van der Waals surface area contributed by atoms with E-state index in [1.165, 1.54) is 0 Å². The van der Waals surface area contributed by atoms with E-state index in [1.807, 2.05) is 11.0 Å². The van der Waals surface area contributed by atoms with Crippen molar-refractivity contribution in [2.24, 2.45) is 5.92 Å². The highest BCUT2D eigenvalue weighted by molar-refractivity contribution is 5.84. The SMILES string of the molecule is O=C(O)CC1CCN(C(=O)CCC(=O)N2CCN(c3ccnnc3)CC2)CC1. The van der Waals surface area contributed by atoms with Crippen LogP contribution in [0.1, 0.15) is 32.1 Å². The van der Waals surface area contributed by atoms with Crippen molar-refractivity contribution in [3.05, 3.63) is 18.5 Å². The third-order valence-electron chi connectivity index (χ3n) is 5.55. The van der Waals surface area contributed by atoms with Crippen LogP contribution in [0.15, 0.2) is 18.5 Å². The summed E-state index contributed by atoms with van der Waals surface area (Å²) in [5.41, 5.74) is 1.00. The summed E-state index contributed by atoms with van der Waals surface area (Å²) in [7, 11) is 0. The van der Waals surface area contributed by atoms with Crippen LogP contribution in [-0.4, -0.2) is 82.2 Å². The normalized spacial score (nSPS) is 18.2. The molecule has 0 bridgehead atoms. The molecular formula is C19H27N5O4. The van der Waals surface area contributed by atoms with Crippen LogP contribution in [0.5, 0.6) is 0 Å². The molecule has 9 heteroatoms. The fourth-order valence-corrected chi connectivity index (χ4v) is 3.85. The predicted molar refractivity (Wildman–Crippen MR) is 102 cm³/mol. The van der Waals surface area contributed by atoms with E-state index >= 15 is 0 Å². The number of rotatable bonds is 6. The summed E-state index contributed by atoms with van der Waals surface area (Å²) in [6.45, 7) is 3.92. The van der Waals surface area contributed by atoms with Crippen molar-refractivity contribution in [1.29, 1.82) is 0 Å². The highest BCUT2D eigenvalue weighted by Crippen LogP contribution is 2.21. The Morgan fingerprint density at radius 2 is 1.54 bits per heavy atom. The van der Waals surface area contributed by atoms with Crippen LogP contribution in [-0.2, 0) is 14.4 Å². The lowest BCUT2D eigenvalue weighted by atomic mass is 9.93. The number of anilines is 1. The molecule has 0 radical (unpaired) electrons. The quantitative estimate of drug-likeness (QED) is 0.760. The fourth-order valence-electron chi connectivity index (χ4n) is 3.85. The van der Waals surface area contributed by atoms with E-state index in [2.05, 4.69) is 15.1 Å². The van der Waals surface area contributed by atoms with Crippen molar-refractivity contribution in [3.8, 4) is 0 Å². The summed E-state index contributed by atoms with van der Waals surface area (Å²) in [5.74, 6) is -0.629. The second kappa shape index (κ2) is 9.48. The van der Waals surface area contributed by atoms with E-state index in [-0.39, 0.29) is 37.0 Å². The van der Waals surface area contributed by atoms with Gasteiger partial charge in [0.05, 0.1) is 18.1 Å². The number of carbonyl (C=O) groups excluding carboxylic acids is 2. The molecule has 3 rings (SSSR count). The van der Waals surface area contributed by atoms with E-state index in [0.29, 0.717) is 26.2 Å². The fraction of sp³-hybridized carbons (Fsp3) is 0.632.